The van der Waals surface area contributed by atoms with E-state index in [-0.39, 0.29) is 11.8 Å². The summed E-state index contributed by atoms with van der Waals surface area (Å²) in [4.78, 5) is 26.5. The molecule has 1 heterocycles. The number of hydrogen-bond acceptors (Lipinski definition) is 2. The molecular formula is C19H28N2O2. The lowest BCUT2D eigenvalue weighted by molar-refractivity contribution is 0.0761. The molecule has 0 atom stereocenters. The van der Waals surface area contributed by atoms with Gasteiger partial charge in [-0.2, -0.15) is 0 Å². The van der Waals surface area contributed by atoms with E-state index in [1.807, 2.05) is 4.90 Å². The van der Waals surface area contributed by atoms with Gasteiger partial charge in [-0.3, -0.25) is 9.59 Å². The van der Waals surface area contributed by atoms with E-state index in [9.17, 15) is 9.59 Å². The van der Waals surface area contributed by atoms with E-state index < -0.39 is 0 Å². The monoisotopic (exact) mass is 316 g/mol. The molecule has 1 aliphatic heterocycles. The van der Waals surface area contributed by atoms with Gasteiger partial charge in [-0.25, -0.2) is 0 Å². The summed E-state index contributed by atoms with van der Waals surface area (Å²) in [6.07, 6.45) is 5.56. The van der Waals surface area contributed by atoms with Crippen LogP contribution in [0.5, 0.6) is 0 Å². The standard InChI is InChI=1S/C19H28N2O2/c1-15(2)11-12-20-18(22)16-7-9-17(10-8-16)19(23)21-13-5-3-4-6-14-21/h7-10,15H,3-6,11-14H2,1-2H3,(H,20,22). The zero-order chi connectivity index (χ0) is 16.7. The number of amides is 2. The van der Waals surface area contributed by atoms with Crippen LogP contribution in [-0.2, 0) is 0 Å². The van der Waals surface area contributed by atoms with Crippen LogP contribution in [0.25, 0.3) is 0 Å². The Kier molecular flexibility index (Phi) is 6.63. The van der Waals surface area contributed by atoms with Crippen LogP contribution in [-0.4, -0.2) is 36.3 Å². The average Bonchev–Trinajstić information content (AvgIpc) is 2.83. The lowest BCUT2D eigenvalue weighted by Gasteiger charge is -2.20. The van der Waals surface area contributed by atoms with Crippen molar-refractivity contribution in [1.82, 2.24) is 10.2 Å². The highest BCUT2D eigenvalue weighted by Gasteiger charge is 2.17. The molecule has 126 valence electrons. The first-order chi connectivity index (χ1) is 11.1. The van der Waals surface area contributed by atoms with Gasteiger partial charge in [0.05, 0.1) is 0 Å². The number of nitrogens with zero attached hydrogens (tertiary/aromatic N) is 1. The minimum Gasteiger partial charge on any atom is -0.352 e. The molecule has 1 saturated heterocycles. The van der Waals surface area contributed by atoms with Gasteiger partial charge in [0.1, 0.15) is 0 Å². The molecule has 0 unspecified atom stereocenters. The lowest BCUT2D eigenvalue weighted by atomic mass is 10.1. The summed E-state index contributed by atoms with van der Waals surface area (Å²) in [7, 11) is 0. The molecule has 1 aliphatic rings. The first-order valence-corrected chi connectivity index (χ1v) is 8.75. The topological polar surface area (TPSA) is 49.4 Å². The molecular weight excluding hydrogens is 288 g/mol. The van der Waals surface area contributed by atoms with Crippen LogP contribution in [0.15, 0.2) is 24.3 Å². The predicted octanol–water partition coefficient (Wildman–Crippen LogP) is 3.48. The third-order valence-electron chi connectivity index (χ3n) is 4.29. The van der Waals surface area contributed by atoms with E-state index in [1.54, 1.807) is 24.3 Å². The Morgan fingerprint density at radius 2 is 1.57 bits per heavy atom. The predicted molar refractivity (Wildman–Crippen MR) is 92.6 cm³/mol. The van der Waals surface area contributed by atoms with Crippen LogP contribution in [0.2, 0.25) is 0 Å². The minimum atomic E-state index is -0.0700. The van der Waals surface area contributed by atoms with E-state index in [0.29, 0.717) is 23.6 Å². The Hall–Kier alpha value is -1.84. The highest BCUT2D eigenvalue weighted by atomic mass is 16.2. The molecule has 2 amide bonds. The van der Waals surface area contributed by atoms with Gasteiger partial charge < -0.3 is 10.2 Å². The number of rotatable bonds is 5. The Balaban J connectivity index is 1.92. The van der Waals surface area contributed by atoms with Gasteiger partial charge in [0, 0.05) is 30.8 Å². The van der Waals surface area contributed by atoms with Gasteiger partial charge in [0.15, 0.2) is 0 Å². The van der Waals surface area contributed by atoms with Crippen molar-refractivity contribution in [3.8, 4) is 0 Å². The third-order valence-corrected chi connectivity index (χ3v) is 4.29. The van der Waals surface area contributed by atoms with E-state index in [4.69, 9.17) is 0 Å². The molecule has 2 rings (SSSR count). The number of benzene rings is 1. The first-order valence-electron chi connectivity index (χ1n) is 8.75. The summed E-state index contributed by atoms with van der Waals surface area (Å²) in [6, 6.07) is 7.03. The summed E-state index contributed by atoms with van der Waals surface area (Å²) in [6.45, 7) is 6.64. The average molecular weight is 316 g/mol. The highest BCUT2D eigenvalue weighted by molar-refractivity contribution is 5.97. The van der Waals surface area contributed by atoms with Crippen molar-refractivity contribution >= 4 is 11.8 Å². The molecule has 0 aliphatic carbocycles. The Bertz CT molecular complexity index is 515. The maximum Gasteiger partial charge on any atom is 0.253 e. The molecule has 0 spiro atoms. The van der Waals surface area contributed by atoms with Crippen molar-refractivity contribution in [2.45, 2.75) is 46.0 Å². The largest absolute Gasteiger partial charge is 0.352 e. The van der Waals surface area contributed by atoms with E-state index in [1.165, 1.54) is 12.8 Å². The maximum atomic E-state index is 12.5. The zero-order valence-electron chi connectivity index (χ0n) is 14.3. The van der Waals surface area contributed by atoms with Gasteiger partial charge in [-0.15, -0.1) is 0 Å². The Labute approximate surface area is 139 Å². The number of carbonyl (C=O) groups excluding carboxylic acids is 2. The fraction of sp³-hybridized carbons (Fsp3) is 0.579. The first kappa shape index (κ1) is 17.5. The van der Waals surface area contributed by atoms with Crippen LogP contribution < -0.4 is 5.32 Å². The highest BCUT2D eigenvalue weighted by Crippen LogP contribution is 2.14. The molecule has 4 heteroatoms. The molecule has 0 saturated carbocycles. The molecule has 1 fully saturated rings. The van der Waals surface area contributed by atoms with Crippen molar-refractivity contribution in [2.75, 3.05) is 19.6 Å². The summed E-state index contributed by atoms with van der Waals surface area (Å²) in [5, 5.41) is 2.92. The maximum absolute atomic E-state index is 12.5. The Morgan fingerprint density at radius 3 is 2.13 bits per heavy atom. The van der Waals surface area contributed by atoms with Crippen molar-refractivity contribution in [1.29, 1.82) is 0 Å². The summed E-state index contributed by atoms with van der Waals surface area (Å²) >= 11 is 0. The molecule has 1 aromatic carbocycles. The number of nitrogens with one attached hydrogen (secondary N) is 1. The van der Waals surface area contributed by atoms with Gasteiger partial charge in [-0.1, -0.05) is 26.7 Å². The van der Waals surface area contributed by atoms with Gasteiger partial charge in [0.25, 0.3) is 11.8 Å². The summed E-state index contributed by atoms with van der Waals surface area (Å²) in [5.41, 5.74) is 1.28. The van der Waals surface area contributed by atoms with Crippen LogP contribution >= 0.6 is 0 Å². The molecule has 1 aromatic rings. The van der Waals surface area contributed by atoms with Gasteiger partial charge in [-0.05, 0) is 49.4 Å². The number of likely N-dealkylation sites (tertiary alicyclic amines) is 1. The zero-order valence-corrected chi connectivity index (χ0v) is 14.3. The molecule has 0 aromatic heterocycles. The molecule has 0 bridgehead atoms. The summed E-state index contributed by atoms with van der Waals surface area (Å²) < 4.78 is 0. The quantitative estimate of drug-likeness (QED) is 0.904. The van der Waals surface area contributed by atoms with Crippen molar-refractivity contribution < 1.29 is 9.59 Å². The van der Waals surface area contributed by atoms with Crippen LogP contribution in [0, 0.1) is 5.92 Å². The Morgan fingerprint density at radius 1 is 1.00 bits per heavy atom. The van der Waals surface area contributed by atoms with E-state index in [0.717, 1.165) is 32.4 Å². The number of hydrogen-bond donors (Lipinski definition) is 1. The lowest BCUT2D eigenvalue weighted by Crippen LogP contribution is -2.32. The minimum absolute atomic E-state index is 0.0700. The van der Waals surface area contributed by atoms with Crippen molar-refractivity contribution in [2.24, 2.45) is 5.92 Å². The molecule has 0 radical (unpaired) electrons. The van der Waals surface area contributed by atoms with E-state index >= 15 is 0 Å². The fourth-order valence-corrected chi connectivity index (χ4v) is 2.80. The van der Waals surface area contributed by atoms with Crippen molar-refractivity contribution in [3.63, 3.8) is 0 Å². The molecule has 4 nitrogen and oxygen atoms in total. The second kappa shape index (κ2) is 8.70. The fourth-order valence-electron chi connectivity index (χ4n) is 2.80. The van der Waals surface area contributed by atoms with Gasteiger partial charge in [0.2, 0.25) is 0 Å². The molecule has 1 N–H and O–H groups in total. The normalized spacial score (nSPS) is 15.3. The van der Waals surface area contributed by atoms with E-state index in [2.05, 4.69) is 19.2 Å². The van der Waals surface area contributed by atoms with Crippen LogP contribution in [0.4, 0.5) is 0 Å². The second-order valence-electron chi connectivity index (χ2n) is 6.72. The second-order valence-corrected chi connectivity index (χ2v) is 6.72. The van der Waals surface area contributed by atoms with Crippen LogP contribution in [0.1, 0.15) is 66.7 Å². The SMILES string of the molecule is CC(C)CCNC(=O)c1ccc(C(=O)N2CCCCCC2)cc1. The summed E-state index contributed by atoms with van der Waals surface area (Å²) in [5.74, 6) is 0.585. The smallest absolute Gasteiger partial charge is 0.253 e. The number of carbonyl (C=O) groups is 2. The van der Waals surface area contributed by atoms with Crippen LogP contribution in [0.3, 0.4) is 0 Å². The third kappa shape index (κ3) is 5.38. The van der Waals surface area contributed by atoms with Gasteiger partial charge >= 0.3 is 0 Å². The molecule has 23 heavy (non-hydrogen) atoms. The van der Waals surface area contributed by atoms with Crippen molar-refractivity contribution in [3.05, 3.63) is 35.4 Å².